The summed E-state index contributed by atoms with van der Waals surface area (Å²) >= 11 is 0. The lowest BCUT2D eigenvalue weighted by Crippen LogP contribution is -2.12. The van der Waals surface area contributed by atoms with Crippen molar-refractivity contribution >= 4 is 11.8 Å². The zero-order chi connectivity index (χ0) is 13.7. The zero-order valence-electron chi connectivity index (χ0n) is 10.5. The van der Waals surface area contributed by atoms with E-state index in [4.69, 9.17) is 10.5 Å². The van der Waals surface area contributed by atoms with E-state index in [-0.39, 0.29) is 18.0 Å². The second-order valence-electron chi connectivity index (χ2n) is 3.80. The first-order valence-electron chi connectivity index (χ1n) is 5.89. The van der Waals surface area contributed by atoms with Crippen molar-refractivity contribution in [3.63, 3.8) is 0 Å². The van der Waals surface area contributed by atoms with Crippen molar-refractivity contribution in [2.75, 3.05) is 12.3 Å². The lowest BCUT2D eigenvalue weighted by molar-refractivity contribution is 0.0526. The fraction of sp³-hybridized carbons (Fsp3) is 0.231. The smallest absolute Gasteiger partial charge is 0.343 e. The lowest BCUT2D eigenvalue weighted by Gasteiger charge is -2.05. The number of carbonyl (C=O) groups is 1. The zero-order valence-corrected chi connectivity index (χ0v) is 10.5. The number of esters is 1. The third-order valence-corrected chi connectivity index (χ3v) is 2.43. The third kappa shape index (κ3) is 3.25. The molecule has 98 valence electrons. The van der Waals surface area contributed by atoms with Crippen LogP contribution in [0.4, 0.5) is 5.82 Å². The maximum Gasteiger partial charge on any atom is 0.343 e. The fourth-order valence-electron chi connectivity index (χ4n) is 1.55. The van der Waals surface area contributed by atoms with Gasteiger partial charge in [-0.1, -0.05) is 6.07 Å². The summed E-state index contributed by atoms with van der Waals surface area (Å²) in [5.74, 6) is 0.132. The summed E-state index contributed by atoms with van der Waals surface area (Å²) in [5.41, 5.74) is 6.76. The van der Waals surface area contributed by atoms with Crippen LogP contribution in [-0.4, -0.2) is 27.5 Å². The van der Waals surface area contributed by atoms with Gasteiger partial charge in [0.15, 0.2) is 0 Å². The van der Waals surface area contributed by atoms with Crippen molar-refractivity contribution < 1.29 is 9.53 Å². The lowest BCUT2D eigenvalue weighted by atomic mass is 10.2. The minimum atomic E-state index is -0.510. The molecule has 6 heteroatoms. The van der Waals surface area contributed by atoms with E-state index < -0.39 is 5.97 Å². The Balaban J connectivity index is 2.17. The molecule has 0 amide bonds. The normalized spacial score (nSPS) is 10.2. The quantitative estimate of drug-likeness (QED) is 0.829. The molecule has 0 aliphatic heterocycles. The SMILES string of the molecule is CCOC(=O)c1cnc(Cc2ccccn2)nc1N. The summed E-state index contributed by atoms with van der Waals surface area (Å²) in [7, 11) is 0. The van der Waals surface area contributed by atoms with Crippen LogP contribution in [0.1, 0.15) is 28.8 Å². The minimum Gasteiger partial charge on any atom is -0.462 e. The van der Waals surface area contributed by atoms with Gasteiger partial charge in [0.2, 0.25) is 0 Å². The van der Waals surface area contributed by atoms with E-state index in [1.165, 1.54) is 6.20 Å². The number of nitrogens with zero attached hydrogens (tertiary/aromatic N) is 3. The first-order chi connectivity index (χ1) is 9.20. The van der Waals surface area contributed by atoms with Gasteiger partial charge in [0.25, 0.3) is 0 Å². The van der Waals surface area contributed by atoms with E-state index >= 15 is 0 Å². The Kier molecular flexibility index (Phi) is 4.02. The van der Waals surface area contributed by atoms with Crippen LogP contribution >= 0.6 is 0 Å². The molecule has 2 heterocycles. The van der Waals surface area contributed by atoms with E-state index in [1.54, 1.807) is 13.1 Å². The van der Waals surface area contributed by atoms with E-state index in [0.29, 0.717) is 12.2 Å². The standard InChI is InChI=1S/C13H14N4O2/c1-2-19-13(18)10-8-16-11(17-12(10)14)7-9-5-3-4-6-15-9/h3-6,8H,2,7H2,1H3,(H2,14,16,17). The van der Waals surface area contributed by atoms with Gasteiger partial charge < -0.3 is 10.5 Å². The molecule has 0 aliphatic carbocycles. The molecular formula is C13H14N4O2. The van der Waals surface area contributed by atoms with Crippen LogP contribution in [0.5, 0.6) is 0 Å². The van der Waals surface area contributed by atoms with E-state index in [0.717, 1.165) is 5.69 Å². The van der Waals surface area contributed by atoms with Crippen LogP contribution in [0.25, 0.3) is 0 Å². The Morgan fingerprint density at radius 3 is 2.84 bits per heavy atom. The van der Waals surface area contributed by atoms with Gasteiger partial charge in [-0.05, 0) is 19.1 Å². The van der Waals surface area contributed by atoms with Gasteiger partial charge in [-0.2, -0.15) is 0 Å². The molecule has 0 saturated heterocycles. The van der Waals surface area contributed by atoms with Crippen LogP contribution in [-0.2, 0) is 11.2 Å². The molecule has 0 spiro atoms. The Bertz CT molecular complexity index is 572. The van der Waals surface area contributed by atoms with Gasteiger partial charge in [0.1, 0.15) is 17.2 Å². The van der Waals surface area contributed by atoms with Crippen molar-refractivity contribution in [2.45, 2.75) is 13.3 Å². The predicted molar refractivity (Wildman–Crippen MR) is 69.4 cm³/mol. The topological polar surface area (TPSA) is 91.0 Å². The molecule has 0 bridgehead atoms. The first-order valence-corrected chi connectivity index (χ1v) is 5.89. The second-order valence-corrected chi connectivity index (χ2v) is 3.80. The van der Waals surface area contributed by atoms with Crippen molar-refractivity contribution in [1.29, 1.82) is 0 Å². The van der Waals surface area contributed by atoms with Gasteiger partial charge in [0.05, 0.1) is 13.0 Å². The Morgan fingerprint density at radius 1 is 1.37 bits per heavy atom. The number of rotatable bonds is 4. The average molecular weight is 258 g/mol. The third-order valence-electron chi connectivity index (χ3n) is 2.43. The molecule has 2 N–H and O–H groups in total. The van der Waals surface area contributed by atoms with Gasteiger partial charge in [-0.3, -0.25) is 4.98 Å². The van der Waals surface area contributed by atoms with Gasteiger partial charge in [-0.15, -0.1) is 0 Å². The van der Waals surface area contributed by atoms with Crippen LogP contribution < -0.4 is 5.73 Å². The fourth-order valence-corrected chi connectivity index (χ4v) is 1.55. The summed E-state index contributed by atoms with van der Waals surface area (Å²) in [5, 5.41) is 0. The first kappa shape index (κ1) is 12.9. The van der Waals surface area contributed by atoms with E-state index in [2.05, 4.69) is 15.0 Å². The number of carbonyl (C=O) groups excluding carboxylic acids is 1. The number of nitrogens with two attached hydrogens (primary N) is 1. The molecule has 0 aromatic carbocycles. The molecule has 0 aliphatic rings. The molecule has 2 aromatic rings. The number of anilines is 1. The van der Waals surface area contributed by atoms with Crippen molar-refractivity contribution in [3.05, 3.63) is 47.7 Å². The Labute approximate surface area is 110 Å². The predicted octanol–water partition coefficient (Wildman–Crippen LogP) is 1.22. The summed E-state index contributed by atoms with van der Waals surface area (Å²) in [6.45, 7) is 2.01. The molecule has 0 atom stereocenters. The Morgan fingerprint density at radius 2 is 2.21 bits per heavy atom. The minimum absolute atomic E-state index is 0.124. The van der Waals surface area contributed by atoms with Gasteiger partial charge in [-0.25, -0.2) is 14.8 Å². The second kappa shape index (κ2) is 5.90. The molecule has 19 heavy (non-hydrogen) atoms. The summed E-state index contributed by atoms with van der Waals surface area (Å²) < 4.78 is 4.86. The maximum atomic E-state index is 11.5. The van der Waals surface area contributed by atoms with Crippen molar-refractivity contribution in [1.82, 2.24) is 15.0 Å². The van der Waals surface area contributed by atoms with Gasteiger partial charge >= 0.3 is 5.97 Å². The molecule has 2 rings (SSSR count). The number of hydrogen-bond donors (Lipinski definition) is 1. The van der Waals surface area contributed by atoms with Crippen LogP contribution in [0.2, 0.25) is 0 Å². The number of pyridine rings is 1. The highest BCUT2D eigenvalue weighted by molar-refractivity contribution is 5.93. The summed E-state index contributed by atoms with van der Waals surface area (Å²) in [4.78, 5) is 23.9. The largest absolute Gasteiger partial charge is 0.462 e. The molecule has 2 aromatic heterocycles. The number of aromatic nitrogens is 3. The number of nitrogen functional groups attached to an aromatic ring is 1. The molecular weight excluding hydrogens is 244 g/mol. The van der Waals surface area contributed by atoms with Crippen molar-refractivity contribution in [2.24, 2.45) is 0 Å². The Hall–Kier alpha value is -2.50. The van der Waals surface area contributed by atoms with E-state index in [9.17, 15) is 4.79 Å². The van der Waals surface area contributed by atoms with Crippen LogP contribution in [0.3, 0.4) is 0 Å². The summed E-state index contributed by atoms with van der Waals surface area (Å²) in [6.07, 6.45) is 3.55. The molecule has 0 fully saturated rings. The molecule has 0 saturated carbocycles. The van der Waals surface area contributed by atoms with Crippen LogP contribution in [0.15, 0.2) is 30.6 Å². The number of ether oxygens (including phenoxy) is 1. The molecule has 0 unspecified atom stereocenters. The van der Waals surface area contributed by atoms with Crippen LogP contribution in [0, 0.1) is 0 Å². The molecule has 0 radical (unpaired) electrons. The maximum absolute atomic E-state index is 11.5. The van der Waals surface area contributed by atoms with Gasteiger partial charge in [0, 0.05) is 18.1 Å². The summed E-state index contributed by atoms with van der Waals surface area (Å²) in [6, 6.07) is 5.60. The monoisotopic (exact) mass is 258 g/mol. The average Bonchev–Trinajstić information content (AvgIpc) is 2.40. The number of hydrogen-bond acceptors (Lipinski definition) is 6. The van der Waals surface area contributed by atoms with E-state index in [1.807, 2.05) is 18.2 Å². The highest BCUT2D eigenvalue weighted by atomic mass is 16.5. The molecule has 6 nitrogen and oxygen atoms in total. The highest BCUT2D eigenvalue weighted by Crippen LogP contribution is 2.11. The van der Waals surface area contributed by atoms with Crippen molar-refractivity contribution in [3.8, 4) is 0 Å². The highest BCUT2D eigenvalue weighted by Gasteiger charge is 2.13.